The standard InChI is InChI=1S/C18H14ClFN2O/c1-11(14-8-12(10-23)6-7-16(14)20)22-18-13-4-2-3-5-17(13)21-9-15(18)19/h2-11H,1H3,(H,21,22)/t11-/m0/s1. The van der Waals surface area contributed by atoms with E-state index in [9.17, 15) is 9.18 Å². The Morgan fingerprint density at radius 1 is 1.26 bits per heavy atom. The lowest BCUT2D eigenvalue weighted by Gasteiger charge is -2.19. The molecule has 0 amide bonds. The van der Waals surface area contributed by atoms with Crippen LogP contribution in [0.3, 0.4) is 0 Å². The Morgan fingerprint density at radius 3 is 2.83 bits per heavy atom. The first-order chi connectivity index (χ1) is 11.1. The van der Waals surface area contributed by atoms with Gasteiger partial charge < -0.3 is 5.32 Å². The van der Waals surface area contributed by atoms with Crippen LogP contribution in [0.1, 0.15) is 28.9 Å². The molecular weight excluding hydrogens is 315 g/mol. The SMILES string of the molecule is C[C@H](Nc1c(Cl)cnc2ccccc12)c1cc(C=O)ccc1F. The molecule has 0 aliphatic rings. The van der Waals surface area contributed by atoms with Gasteiger partial charge in [0.05, 0.1) is 22.3 Å². The van der Waals surface area contributed by atoms with E-state index in [1.165, 1.54) is 18.2 Å². The number of rotatable bonds is 4. The number of hydrogen-bond acceptors (Lipinski definition) is 3. The molecule has 0 fully saturated rings. The molecule has 2 aromatic carbocycles. The maximum absolute atomic E-state index is 14.1. The Hall–Kier alpha value is -2.46. The van der Waals surface area contributed by atoms with Crippen molar-refractivity contribution >= 4 is 34.5 Å². The number of benzene rings is 2. The van der Waals surface area contributed by atoms with Crippen LogP contribution in [0.25, 0.3) is 10.9 Å². The molecule has 0 aliphatic carbocycles. The van der Waals surface area contributed by atoms with Gasteiger partial charge in [-0.1, -0.05) is 29.8 Å². The maximum atomic E-state index is 14.1. The van der Waals surface area contributed by atoms with E-state index < -0.39 is 0 Å². The van der Waals surface area contributed by atoms with Crippen LogP contribution >= 0.6 is 11.6 Å². The topological polar surface area (TPSA) is 42.0 Å². The fourth-order valence-electron chi connectivity index (χ4n) is 2.53. The number of hydrogen-bond donors (Lipinski definition) is 1. The van der Waals surface area contributed by atoms with Gasteiger partial charge >= 0.3 is 0 Å². The van der Waals surface area contributed by atoms with E-state index in [0.717, 1.165) is 10.9 Å². The highest BCUT2D eigenvalue weighted by Crippen LogP contribution is 2.33. The zero-order valence-corrected chi connectivity index (χ0v) is 13.1. The Labute approximate surface area is 138 Å². The van der Waals surface area contributed by atoms with E-state index >= 15 is 0 Å². The molecule has 23 heavy (non-hydrogen) atoms. The number of nitrogens with zero attached hydrogens (tertiary/aromatic N) is 1. The van der Waals surface area contributed by atoms with Crippen LogP contribution in [0, 0.1) is 5.82 Å². The summed E-state index contributed by atoms with van der Waals surface area (Å²) in [6.07, 6.45) is 2.27. The van der Waals surface area contributed by atoms with Gasteiger partial charge in [0.1, 0.15) is 12.1 Å². The summed E-state index contributed by atoms with van der Waals surface area (Å²) in [4.78, 5) is 15.2. The number of carbonyl (C=O) groups excluding carboxylic acids is 1. The number of anilines is 1. The van der Waals surface area contributed by atoms with Crippen molar-refractivity contribution in [3.8, 4) is 0 Å². The molecule has 1 heterocycles. The van der Waals surface area contributed by atoms with Gasteiger partial charge in [-0.3, -0.25) is 9.78 Å². The van der Waals surface area contributed by atoms with Crippen LogP contribution in [-0.2, 0) is 0 Å². The molecule has 0 saturated heterocycles. The average molecular weight is 329 g/mol. The fraction of sp³-hybridized carbons (Fsp3) is 0.111. The second-order valence-corrected chi connectivity index (χ2v) is 5.67. The van der Waals surface area contributed by atoms with Gasteiger partial charge in [0, 0.05) is 22.7 Å². The summed E-state index contributed by atoms with van der Waals surface area (Å²) in [6, 6.07) is 11.5. The van der Waals surface area contributed by atoms with Crippen molar-refractivity contribution in [3.63, 3.8) is 0 Å². The first-order valence-electron chi connectivity index (χ1n) is 7.14. The van der Waals surface area contributed by atoms with Crippen molar-refractivity contribution in [3.05, 3.63) is 70.6 Å². The molecule has 3 nitrogen and oxygen atoms in total. The van der Waals surface area contributed by atoms with Gasteiger partial charge in [-0.25, -0.2) is 4.39 Å². The third-order valence-electron chi connectivity index (χ3n) is 3.71. The van der Waals surface area contributed by atoms with Crippen LogP contribution in [0.15, 0.2) is 48.7 Å². The van der Waals surface area contributed by atoms with Crippen LogP contribution in [0.5, 0.6) is 0 Å². The zero-order valence-electron chi connectivity index (χ0n) is 12.4. The van der Waals surface area contributed by atoms with Crippen molar-refractivity contribution in [1.82, 2.24) is 4.98 Å². The van der Waals surface area contributed by atoms with Gasteiger partial charge in [0.2, 0.25) is 0 Å². The number of halogens is 2. The highest BCUT2D eigenvalue weighted by molar-refractivity contribution is 6.34. The first kappa shape index (κ1) is 15.4. The minimum atomic E-state index is -0.370. The molecule has 3 aromatic rings. The molecule has 0 aliphatic heterocycles. The number of aldehydes is 1. The van der Waals surface area contributed by atoms with E-state index in [4.69, 9.17) is 11.6 Å². The van der Waals surface area contributed by atoms with Gasteiger partial charge in [-0.05, 0) is 31.2 Å². The third kappa shape index (κ3) is 3.03. The van der Waals surface area contributed by atoms with E-state index in [0.29, 0.717) is 28.1 Å². The van der Waals surface area contributed by atoms with Gasteiger partial charge in [0.15, 0.2) is 0 Å². The molecule has 0 spiro atoms. The highest BCUT2D eigenvalue weighted by atomic mass is 35.5. The molecule has 116 valence electrons. The molecule has 0 bridgehead atoms. The van der Waals surface area contributed by atoms with Crippen molar-refractivity contribution < 1.29 is 9.18 Å². The lowest BCUT2D eigenvalue weighted by Crippen LogP contribution is -2.10. The first-order valence-corrected chi connectivity index (χ1v) is 7.52. The molecule has 0 saturated carbocycles. The van der Waals surface area contributed by atoms with E-state index in [-0.39, 0.29) is 11.9 Å². The number of fused-ring (bicyclic) bond motifs is 1. The summed E-state index contributed by atoms with van der Waals surface area (Å²) >= 11 is 6.26. The molecule has 0 radical (unpaired) electrons. The van der Waals surface area contributed by atoms with E-state index in [2.05, 4.69) is 10.3 Å². The monoisotopic (exact) mass is 328 g/mol. The Bertz CT molecular complexity index is 882. The minimum Gasteiger partial charge on any atom is -0.377 e. The third-order valence-corrected chi connectivity index (χ3v) is 4.00. The smallest absolute Gasteiger partial charge is 0.150 e. The van der Waals surface area contributed by atoms with Crippen molar-refractivity contribution in [1.29, 1.82) is 0 Å². The number of pyridine rings is 1. The summed E-state index contributed by atoms with van der Waals surface area (Å²) in [6.45, 7) is 1.82. The second-order valence-electron chi connectivity index (χ2n) is 5.26. The predicted octanol–water partition coefficient (Wildman–Crippen LogP) is 5.01. The van der Waals surface area contributed by atoms with Crippen LogP contribution in [0.4, 0.5) is 10.1 Å². The molecule has 1 atom stereocenters. The van der Waals surface area contributed by atoms with Crippen molar-refractivity contribution in [2.75, 3.05) is 5.32 Å². The summed E-state index contributed by atoms with van der Waals surface area (Å²) in [7, 11) is 0. The Balaban J connectivity index is 2.02. The molecule has 3 rings (SSSR count). The van der Waals surface area contributed by atoms with Crippen molar-refractivity contribution in [2.45, 2.75) is 13.0 Å². The van der Waals surface area contributed by atoms with Crippen LogP contribution in [-0.4, -0.2) is 11.3 Å². The second kappa shape index (κ2) is 6.34. The normalized spacial score (nSPS) is 12.1. The maximum Gasteiger partial charge on any atom is 0.150 e. The minimum absolute atomic E-state index is 0.363. The largest absolute Gasteiger partial charge is 0.377 e. The number of carbonyl (C=O) groups is 1. The average Bonchev–Trinajstić information content (AvgIpc) is 2.57. The quantitative estimate of drug-likeness (QED) is 0.684. The molecule has 1 aromatic heterocycles. The molecular formula is C18H14ClFN2O. The molecule has 5 heteroatoms. The number of para-hydroxylation sites is 1. The Morgan fingerprint density at radius 2 is 2.04 bits per heavy atom. The summed E-state index contributed by atoms with van der Waals surface area (Å²) < 4.78 is 14.1. The summed E-state index contributed by atoms with van der Waals surface area (Å²) in [5, 5.41) is 4.55. The van der Waals surface area contributed by atoms with Crippen LogP contribution in [0.2, 0.25) is 5.02 Å². The van der Waals surface area contributed by atoms with Gasteiger partial charge in [-0.15, -0.1) is 0 Å². The predicted molar refractivity (Wildman–Crippen MR) is 90.6 cm³/mol. The van der Waals surface area contributed by atoms with E-state index in [1.54, 1.807) is 6.20 Å². The lowest BCUT2D eigenvalue weighted by atomic mass is 10.0. The summed E-state index contributed by atoms with van der Waals surface area (Å²) in [5.74, 6) is -0.370. The lowest BCUT2D eigenvalue weighted by molar-refractivity contribution is 0.112. The molecule has 1 N–H and O–H groups in total. The number of aromatic nitrogens is 1. The number of nitrogens with one attached hydrogen (secondary N) is 1. The molecule has 0 unspecified atom stereocenters. The van der Waals surface area contributed by atoms with Gasteiger partial charge in [0.25, 0.3) is 0 Å². The summed E-state index contributed by atoms with van der Waals surface area (Å²) in [5.41, 5.74) is 2.33. The zero-order chi connectivity index (χ0) is 16.4. The van der Waals surface area contributed by atoms with Crippen molar-refractivity contribution in [2.24, 2.45) is 0 Å². The fourth-order valence-corrected chi connectivity index (χ4v) is 2.73. The van der Waals surface area contributed by atoms with Gasteiger partial charge in [-0.2, -0.15) is 0 Å². The Kier molecular flexibility index (Phi) is 4.26. The van der Waals surface area contributed by atoms with Crippen LogP contribution < -0.4 is 5.32 Å². The highest BCUT2D eigenvalue weighted by Gasteiger charge is 2.15. The van der Waals surface area contributed by atoms with E-state index in [1.807, 2.05) is 31.2 Å².